The molecule has 6 nitrogen and oxygen atoms in total. The minimum atomic E-state index is -0.407. The molecule has 0 saturated heterocycles. The number of thioether (sulfide) groups is 1. The Labute approximate surface area is 111 Å². The first-order valence-electron chi connectivity index (χ1n) is 5.80. The van der Waals surface area contributed by atoms with E-state index in [1.54, 1.807) is 11.8 Å². The Bertz CT molecular complexity index is 401. The first-order valence-corrected chi connectivity index (χ1v) is 7.20. The summed E-state index contributed by atoms with van der Waals surface area (Å²) in [5.41, 5.74) is 0.0494. The van der Waals surface area contributed by atoms with Gasteiger partial charge in [0.25, 0.3) is 5.69 Å². The maximum Gasteiger partial charge on any atom is 0.276 e. The number of aromatic nitrogens is 1. The smallest absolute Gasteiger partial charge is 0.276 e. The van der Waals surface area contributed by atoms with Gasteiger partial charge in [-0.2, -0.15) is 11.8 Å². The van der Waals surface area contributed by atoms with Gasteiger partial charge in [-0.25, -0.2) is 4.98 Å². The number of nitrogens with one attached hydrogen (secondary N) is 2. The lowest BCUT2D eigenvalue weighted by atomic mass is 10.3. The summed E-state index contributed by atoms with van der Waals surface area (Å²) in [5, 5.41) is 16.9. The molecule has 0 radical (unpaired) electrons. The molecule has 0 saturated carbocycles. The molecule has 0 fully saturated rings. The molecule has 2 N–H and O–H groups in total. The molecule has 7 heteroatoms. The van der Waals surface area contributed by atoms with Gasteiger partial charge in [0.15, 0.2) is 0 Å². The van der Waals surface area contributed by atoms with E-state index in [2.05, 4.69) is 21.9 Å². The zero-order valence-corrected chi connectivity index (χ0v) is 11.4. The molecule has 0 aliphatic heterocycles. The van der Waals surface area contributed by atoms with Crippen LogP contribution in [0.1, 0.15) is 13.3 Å². The van der Waals surface area contributed by atoms with Gasteiger partial charge in [-0.15, -0.1) is 0 Å². The van der Waals surface area contributed by atoms with Crippen LogP contribution in [0.2, 0.25) is 0 Å². The van der Waals surface area contributed by atoms with Crippen molar-refractivity contribution in [3.63, 3.8) is 0 Å². The van der Waals surface area contributed by atoms with E-state index in [0.29, 0.717) is 18.2 Å². The SMILES string of the molecule is CCNc1cc([N+](=O)[O-])cc(NCCCSC)n1. The zero-order valence-electron chi connectivity index (χ0n) is 10.6. The van der Waals surface area contributed by atoms with Crippen LogP contribution in [0.25, 0.3) is 0 Å². The van der Waals surface area contributed by atoms with E-state index in [9.17, 15) is 10.1 Å². The van der Waals surface area contributed by atoms with Crippen molar-refractivity contribution in [3.05, 3.63) is 22.2 Å². The highest BCUT2D eigenvalue weighted by Gasteiger charge is 2.10. The van der Waals surface area contributed by atoms with Crippen LogP contribution in [0.4, 0.5) is 17.3 Å². The molecular formula is C11H18N4O2S. The molecule has 0 aliphatic carbocycles. The van der Waals surface area contributed by atoms with Crippen LogP contribution in [-0.4, -0.2) is 35.0 Å². The summed E-state index contributed by atoms with van der Waals surface area (Å²) in [6.45, 7) is 3.37. The average molecular weight is 270 g/mol. The van der Waals surface area contributed by atoms with Crippen molar-refractivity contribution in [2.24, 2.45) is 0 Å². The minimum absolute atomic E-state index is 0.0494. The van der Waals surface area contributed by atoms with Gasteiger partial charge in [0, 0.05) is 13.1 Å². The van der Waals surface area contributed by atoms with Crippen molar-refractivity contribution in [2.45, 2.75) is 13.3 Å². The summed E-state index contributed by atoms with van der Waals surface area (Å²) in [6, 6.07) is 2.90. The van der Waals surface area contributed by atoms with Crippen molar-refractivity contribution in [1.29, 1.82) is 0 Å². The predicted octanol–water partition coefficient (Wildman–Crippen LogP) is 2.59. The van der Waals surface area contributed by atoms with Crippen molar-refractivity contribution >= 4 is 29.1 Å². The Morgan fingerprint density at radius 2 is 2.06 bits per heavy atom. The van der Waals surface area contributed by atoms with Gasteiger partial charge in [0.2, 0.25) is 0 Å². The molecule has 1 aromatic rings. The third-order valence-electron chi connectivity index (χ3n) is 2.21. The molecule has 1 heterocycles. The molecule has 0 amide bonds. The van der Waals surface area contributed by atoms with Crippen LogP contribution >= 0.6 is 11.8 Å². The van der Waals surface area contributed by atoms with Gasteiger partial charge in [-0.05, 0) is 25.4 Å². The van der Waals surface area contributed by atoms with Crippen LogP contribution in [0.3, 0.4) is 0 Å². The lowest BCUT2D eigenvalue weighted by Gasteiger charge is -2.08. The quantitative estimate of drug-likeness (QED) is 0.429. The number of hydrogen-bond acceptors (Lipinski definition) is 6. The summed E-state index contributed by atoms with van der Waals surface area (Å²) in [7, 11) is 0. The minimum Gasteiger partial charge on any atom is -0.370 e. The van der Waals surface area contributed by atoms with Gasteiger partial charge >= 0.3 is 0 Å². The molecule has 0 atom stereocenters. The van der Waals surface area contributed by atoms with Gasteiger partial charge in [0.1, 0.15) is 11.6 Å². The average Bonchev–Trinajstić information content (AvgIpc) is 2.35. The summed E-state index contributed by atoms with van der Waals surface area (Å²) in [5.74, 6) is 2.13. The maximum absolute atomic E-state index is 10.8. The first-order chi connectivity index (χ1) is 8.67. The first kappa shape index (κ1) is 14.6. The maximum atomic E-state index is 10.8. The van der Waals surface area contributed by atoms with E-state index in [4.69, 9.17) is 0 Å². The van der Waals surface area contributed by atoms with Crippen LogP contribution in [0.15, 0.2) is 12.1 Å². The van der Waals surface area contributed by atoms with Crippen molar-refractivity contribution < 1.29 is 4.92 Å². The Hall–Kier alpha value is -1.50. The van der Waals surface area contributed by atoms with Crippen molar-refractivity contribution in [3.8, 4) is 0 Å². The summed E-state index contributed by atoms with van der Waals surface area (Å²) in [6.07, 6.45) is 3.05. The van der Waals surface area contributed by atoms with Gasteiger partial charge < -0.3 is 10.6 Å². The Morgan fingerprint density at radius 3 is 2.61 bits per heavy atom. The molecule has 0 spiro atoms. The highest BCUT2D eigenvalue weighted by atomic mass is 32.2. The van der Waals surface area contributed by atoms with E-state index < -0.39 is 4.92 Å². The zero-order chi connectivity index (χ0) is 13.4. The third kappa shape index (κ3) is 4.79. The van der Waals surface area contributed by atoms with Crippen molar-refractivity contribution in [2.75, 3.05) is 35.7 Å². The lowest BCUT2D eigenvalue weighted by Crippen LogP contribution is -2.07. The normalized spacial score (nSPS) is 10.1. The second-order valence-corrected chi connectivity index (χ2v) is 4.64. The third-order valence-corrected chi connectivity index (χ3v) is 2.91. The predicted molar refractivity (Wildman–Crippen MR) is 76.5 cm³/mol. The molecule has 1 rings (SSSR count). The highest BCUT2D eigenvalue weighted by molar-refractivity contribution is 7.98. The Kier molecular flexibility index (Phi) is 6.27. The van der Waals surface area contributed by atoms with Crippen LogP contribution in [0.5, 0.6) is 0 Å². The number of rotatable bonds is 8. The van der Waals surface area contributed by atoms with Gasteiger partial charge in [-0.3, -0.25) is 10.1 Å². The van der Waals surface area contributed by atoms with E-state index in [-0.39, 0.29) is 5.69 Å². The molecule has 0 aliphatic rings. The Morgan fingerprint density at radius 1 is 1.39 bits per heavy atom. The monoisotopic (exact) mass is 270 g/mol. The molecular weight excluding hydrogens is 252 g/mol. The number of nitro groups is 1. The molecule has 1 aromatic heterocycles. The fourth-order valence-corrected chi connectivity index (χ4v) is 1.85. The summed E-state index contributed by atoms with van der Waals surface area (Å²) >= 11 is 1.78. The molecule has 100 valence electrons. The Balaban J connectivity index is 2.72. The number of hydrogen-bond donors (Lipinski definition) is 2. The van der Waals surface area contributed by atoms with E-state index in [1.807, 2.05) is 6.92 Å². The molecule has 0 bridgehead atoms. The number of anilines is 2. The van der Waals surface area contributed by atoms with Crippen LogP contribution < -0.4 is 10.6 Å². The molecule has 18 heavy (non-hydrogen) atoms. The second-order valence-electron chi connectivity index (χ2n) is 3.66. The second kappa shape index (κ2) is 7.75. The molecule has 0 aromatic carbocycles. The molecule has 0 unspecified atom stereocenters. The summed E-state index contributed by atoms with van der Waals surface area (Å²) in [4.78, 5) is 14.7. The lowest BCUT2D eigenvalue weighted by molar-refractivity contribution is -0.384. The topological polar surface area (TPSA) is 80.1 Å². The summed E-state index contributed by atoms with van der Waals surface area (Å²) < 4.78 is 0. The standard InChI is InChI=1S/C11H18N4O2S/c1-3-12-10-7-9(15(16)17)8-11(14-10)13-5-4-6-18-2/h7-8H,3-6H2,1-2H3,(H2,12,13,14). The highest BCUT2D eigenvalue weighted by Crippen LogP contribution is 2.20. The van der Waals surface area contributed by atoms with Crippen molar-refractivity contribution in [1.82, 2.24) is 4.98 Å². The van der Waals surface area contributed by atoms with Crippen LogP contribution in [0, 0.1) is 10.1 Å². The van der Waals surface area contributed by atoms with Gasteiger partial charge in [0.05, 0.1) is 17.1 Å². The van der Waals surface area contributed by atoms with Gasteiger partial charge in [-0.1, -0.05) is 0 Å². The number of pyridine rings is 1. The van der Waals surface area contributed by atoms with Crippen LogP contribution in [-0.2, 0) is 0 Å². The number of nitrogens with zero attached hydrogens (tertiary/aromatic N) is 2. The fourth-order valence-electron chi connectivity index (χ4n) is 1.42. The largest absolute Gasteiger partial charge is 0.370 e. The fraction of sp³-hybridized carbons (Fsp3) is 0.545. The van der Waals surface area contributed by atoms with E-state index in [1.165, 1.54) is 12.1 Å². The van der Waals surface area contributed by atoms with E-state index in [0.717, 1.165) is 18.7 Å². The van der Waals surface area contributed by atoms with E-state index >= 15 is 0 Å².